The lowest BCUT2D eigenvalue weighted by Gasteiger charge is -2.32. The Kier molecular flexibility index (Phi) is 5.39. The zero-order valence-electron chi connectivity index (χ0n) is 14.2. The molecular formula is C20H21ClN2O2. The van der Waals surface area contributed by atoms with Gasteiger partial charge in [0.15, 0.2) is 0 Å². The summed E-state index contributed by atoms with van der Waals surface area (Å²) in [6, 6.07) is 14.6. The fourth-order valence-electron chi connectivity index (χ4n) is 3.11. The number of piperidine rings is 1. The fourth-order valence-corrected chi connectivity index (χ4v) is 3.30. The standard InChI is InChI=1S/C20H21ClN2O2/c1-14-5-2-3-8-18(14)20(25)23-11-9-17(10-12-23)22-19(24)15-6-4-7-16(21)13-15/h2-8,13,17H,9-12H2,1H3,(H,22,24). The SMILES string of the molecule is Cc1ccccc1C(=O)N1CCC(NC(=O)c2cccc(Cl)c2)CC1. The molecule has 1 heterocycles. The van der Waals surface area contributed by atoms with Gasteiger partial charge in [0.2, 0.25) is 0 Å². The van der Waals surface area contributed by atoms with Crippen molar-refractivity contribution in [1.82, 2.24) is 10.2 Å². The Labute approximate surface area is 152 Å². The summed E-state index contributed by atoms with van der Waals surface area (Å²) in [5.74, 6) is -0.0519. The summed E-state index contributed by atoms with van der Waals surface area (Å²) >= 11 is 5.93. The summed E-state index contributed by atoms with van der Waals surface area (Å²) in [5.41, 5.74) is 2.30. The van der Waals surface area contributed by atoms with Gasteiger partial charge in [0.05, 0.1) is 0 Å². The Morgan fingerprint density at radius 3 is 2.48 bits per heavy atom. The Morgan fingerprint density at radius 2 is 1.80 bits per heavy atom. The van der Waals surface area contributed by atoms with Crippen molar-refractivity contribution in [3.63, 3.8) is 0 Å². The molecule has 0 unspecified atom stereocenters. The van der Waals surface area contributed by atoms with Crippen LogP contribution in [-0.2, 0) is 0 Å². The van der Waals surface area contributed by atoms with E-state index < -0.39 is 0 Å². The van der Waals surface area contributed by atoms with E-state index in [1.54, 1.807) is 24.3 Å². The molecule has 4 nitrogen and oxygen atoms in total. The lowest BCUT2D eigenvalue weighted by Crippen LogP contribution is -2.46. The largest absolute Gasteiger partial charge is 0.349 e. The minimum absolute atomic E-state index is 0.0673. The van der Waals surface area contributed by atoms with E-state index in [0.29, 0.717) is 23.7 Å². The predicted molar refractivity (Wildman–Crippen MR) is 99.0 cm³/mol. The van der Waals surface area contributed by atoms with Crippen molar-refractivity contribution >= 4 is 23.4 Å². The minimum atomic E-state index is -0.119. The predicted octanol–water partition coefficient (Wildman–Crippen LogP) is 3.68. The van der Waals surface area contributed by atoms with Gasteiger partial charge in [-0.3, -0.25) is 9.59 Å². The van der Waals surface area contributed by atoms with E-state index in [-0.39, 0.29) is 17.9 Å². The maximum Gasteiger partial charge on any atom is 0.254 e. The van der Waals surface area contributed by atoms with Crippen LogP contribution in [-0.4, -0.2) is 35.8 Å². The molecule has 130 valence electrons. The van der Waals surface area contributed by atoms with Gasteiger partial charge in [0.25, 0.3) is 11.8 Å². The van der Waals surface area contributed by atoms with Crippen LogP contribution < -0.4 is 5.32 Å². The van der Waals surface area contributed by atoms with E-state index in [9.17, 15) is 9.59 Å². The van der Waals surface area contributed by atoms with Gasteiger partial charge in [-0.05, 0) is 49.6 Å². The highest BCUT2D eigenvalue weighted by atomic mass is 35.5. The van der Waals surface area contributed by atoms with Crippen LogP contribution in [0.5, 0.6) is 0 Å². The van der Waals surface area contributed by atoms with E-state index in [1.165, 1.54) is 0 Å². The average molecular weight is 357 g/mol. The molecule has 1 aliphatic heterocycles. The van der Waals surface area contributed by atoms with Gasteiger partial charge in [0.1, 0.15) is 0 Å². The molecule has 0 spiro atoms. The number of halogens is 1. The van der Waals surface area contributed by atoms with Crippen LogP contribution in [0.1, 0.15) is 39.1 Å². The van der Waals surface area contributed by atoms with Gasteiger partial charge in [-0.1, -0.05) is 35.9 Å². The second-order valence-corrected chi connectivity index (χ2v) is 6.80. The molecule has 2 amide bonds. The van der Waals surface area contributed by atoms with Crippen molar-refractivity contribution in [2.45, 2.75) is 25.8 Å². The van der Waals surface area contributed by atoms with Crippen molar-refractivity contribution in [2.75, 3.05) is 13.1 Å². The summed E-state index contributed by atoms with van der Waals surface area (Å²) in [6.07, 6.45) is 1.51. The van der Waals surface area contributed by atoms with Gasteiger partial charge < -0.3 is 10.2 Å². The van der Waals surface area contributed by atoms with Crippen LogP contribution in [0.2, 0.25) is 5.02 Å². The van der Waals surface area contributed by atoms with Gasteiger partial charge in [0, 0.05) is 35.3 Å². The molecule has 1 N–H and O–H groups in total. The van der Waals surface area contributed by atoms with Crippen LogP contribution in [0.4, 0.5) is 0 Å². The smallest absolute Gasteiger partial charge is 0.254 e. The van der Waals surface area contributed by atoms with Crippen LogP contribution in [0.3, 0.4) is 0 Å². The summed E-state index contributed by atoms with van der Waals surface area (Å²) in [7, 11) is 0. The normalized spacial score (nSPS) is 15.0. The van der Waals surface area contributed by atoms with Crippen molar-refractivity contribution in [1.29, 1.82) is 0 Å². The average Bonchev–Trinajstić information content (AvgIpc) is 2.62. The first-order valence-electron chi connectivity index (χ1n) is 8.46. The number of hydrogen-bond donors (Lipinski definition) is 1. The summed E-state index contributed by atoms with van der Waals surface area (Å²) in [4.78, 5) is 26.8. The monoisotopic (exact) mass is 356 g/mol. The van der Waals surface area contributed by atoms with E-state index in [0.717, 1.165) is 24.0 Å². The number of hydrogen-bond acceptors (Lipinski definition) is 2. The Balaban J connectivity index is 1.56. The van der Waals surface area contributed by atoms with E-state index in [2.05, 4.69) is 5.32 Å². The first-order valence-corrected chi connectivity index (χ1v) is 8.84. The third kappa shape index (κ3) is 4.20. The molecule has 0 bridgehead atoms. The van der Waals surface area contributed by atoms with Gasteiger partial charge >= 0.3 is 0 Å². The quantitative estimate of drug-likeness (QED) is 0.911. The number of benzene rings is 2. The molecule has 5 heteroatoms. The third-order valence-corrected chi connectivity index (χ3v) is 4.81. The van der Waals surface area contributed by atoms with Crippen LogP contribution >= 0.6 is 11.6 Å². The molecule has 0 saturated carbocycles. The van der Waals surface area contributed by atoms with Crippen molar-refractivity contribution in [3.05, 3.63) is 70.2 Å². The van der Waals surface area contributed by atoms with Gasteiger partial charge in [-0.2, -0.15) is 0 Å². The number of rotatable bonds is 3. The van der Waals surface area contributed by atoms with Crippen molar-refractivity contribution in [3.8, 4) is 0 Å². The molecule has 0 radical (unpaired) electrons. The molecular weight excluding hydrogens is 336 g/mol. The van der Waals surface area contributed by atoms with Crippen LogP contribution in [0, 0.1) is 6.92 Å². The topological polar surface area (TPSA) is 49.4 Å². The Morgan fingerprint density at radius 1 is 1.08 bits per heavy atom. The summed E-state index contributed by atoms with van der Waals surface area (Å²) < 4.78 is 0. The van der Waals surface area contributed by atoms with E-state index in [1.807, 2.05) is 36.1 Å². The molecule has 2 aromatic carbocycles. The molecule has 0 aromatic heterocycles. The highest BCUT2D eigenvalue weighted by Crippen LogP contribution is 2.17. The fraction of sp³-hybridized carbons (Fsp3) is 0.300. The molecule has 1 saturated heterocycles. The van der Waals surface area contributed by atoms with Gasteiger partial charge in [-0.15, -0.1) is 0 Å². The van der Waals surface area contributed by atoms with Crippen molar-refractivity contribution < 1.29 is 9.59 Å². The molecule has 2 aromatic rings. The maximum absolute atomic E-state index is 12.6. The highest BCUT2D eigenvalue weighted by Gasteiger charge is 2.25. The number of aryl methyl sites for hydroxylation is 1. The number of carbonyl (C=O) groups excluding carboxylic acids is 2. The van der Waals surface area contributed by atoms with Gasteiger partial charge in [-0.25, -0.2) is 0 Å². The molecule has 0 aliphatic carbocycles. The lowest BCUT2D eigenvalue weighted by molar-refractivity contribution is 0.0697. The number of nitrogens with one attached hydrogen (secondary N) is 1. The van der Waals surface area contributed by atoms with Crippen LogP contribution in [0.25, 0.3) is 0 Å². The molecule has 25 heavy (non-hydrogen) atoms. The zero-order valence-corrected chi connectivity index (χ0v) is 14.9. The van der Waals surface area contributed by atoms with E-state index >= 15 is 0 Å². The number of carbonyl (C=O) groups is 2. The first kappa shape index (κ1) is 17.5. The minimum Gasteiger partial charge on any atom is -0.349 e. The van der Waals surface area contributed by atoms with Crippen LogP contribution in [0.15, 0.2) is 48.5 Å². The molecule has 0 atom stereocenters. The first-order chi connectivity index (χ1) is 12.0. The second kappa shape index (κ2) is 7.70. The molecule has 1 aliphatic rings. The summed E-state index contributed by atoms with van der Waals surface area (Å²) in [5, 5.41) is 3.58. The van der Waals surface area contributed by atoms with Crippen molar-refractivity contribution in [2.24, 2.45) is 0 Å². The highest BCUT2D eigenvalue weighted by molar-refractivity contribution is 6.30. The number of nitrogens with zero attached hydrogens (tertiary/aromatic N) is 1. The second-order valence-electron chi connectivity index (χ2n) is 6.37. The maximum atomic E-state index is 12.6. The molecule has 1 fully saturated rings. The number of likely N-dealkylation sites (tertiary alicyclic amines) is 1. The van der Waals surface area contributed by atoms with E-state index in [4.69, 9.17) is 11.6 Å². The molecule has 3 rings (SSSR count). The Bertz CT molecular complexity index is 783. The zero-order chi connectivity index (χ0) is 17.8. The summed E-state index contributed by atoms with van der Waals surface area (Å²) in [6.45, 7) is 3.24. The Hall–Kier alpha value is -2.33. The lowest BCUT2D eigenvalue weighted by atomic mass is 10.0. The number of amides is 2. The third-order valence-electron chi connectivity index (χ3n) is 4.58.